The Balaban J connectivity index is 0.000000175. The van der Waals surface area contributed by atoms with Crippen molar-refractivity contribution in [3.8, 4) is 0 Å². The Kier molecular flexibility index (Phi) is 14.9. The third-order valence-corrected chi connectivity index (χ3v) is 14.0. The normalized spacial score (nSPS) is 17.6. The lowest BCUT2D eigenvalue weighted by Gasteiger charge is -2.39. The highest BCUT2D eigenvalue weighted by Gasteiger charge is 2.44. The van der Waals surface area contributed by atoms with Gasteiger partial charge in [0.1, 0.15) is 0 Å². The van der Waals surface area contributed by atoms with Crippen molar-refractivity contribution >= 4 is 35.0 Å². The largest absolute Gasteiger partial charge is 0.365 e. The number of hydrogen-bond donors (Lipinski definition) is 2. The average molecular weight is 910 g/mol. The molecule has 0 bridgehead atoms. The summed E-state index contributed by atoms with van der Waals surface area (Å²) in [6.07, 6.45) is 3.37. The summed E-state index contributed by atoms with van der Waals surface area (Å²) in [7, 11) is 0. The summed E-state index contributed by atoms with van der Waals surface area (Å²) in [6, 6.07) is 52.8. The Bertz CT molecular complexity index is 2330. The molecule has 6 aromatic carbocycles. The first kappa shape index (κ1) is 46.2. The number of piperidine rings is 2. The number of benzene rings is 6. The number of nitrogens with one attached hydrogen (secondary N) is 2. The Labute approximate surface area is 393 Å². The number of amides is 2. The summed E-state index contributed by atoms with van der Waals surface area (Å²) >= 11 is 12.2. The second-order valence-corrected chi connectivity index (χ2v) is 18.1. The van der Waals surface area contributed by atoms with Crippen LogP contribution in [0.25, 0.3) is 0 Å². The van der Waals surface area contributed by atoms with Crippen molar-refractivity contribution in [2.45, 2.75) is 69.6 Å². The third-order valence-electron chi connectivity index (χ3n) is 13.5. The van der Waals surface area contributed by atoms with E-state index in [1.165, 1.54) is 22.3 Å². The molecule has 4 heterocycles. The summed E-state index contributed by atoms with van der Waals surface area (Å²) < 4.78 is 12.5. The molecule has 4 aliphatic rings. The molecule has 2 N–H and O–H groups in total. The van der Waals surface area contributed by atoms with Crippen LogP contribution >= 0.6 is 23.2 Å². The van der Waals surface area contributed by atoms with Crippen molar-refractivity contribution in [1.29, 1.82) is 0 Å². The maximum Gasteiger partial charge on any atom is 0.236 e. The molecule has 2 saturated heterocycles. The second kappa shape index (κ2) is 20.9. The smallest absolute Gasteiger partial charge is 0.236 e. The van der Waals surface area contributed by atoms with Crippen molar-refractivity contribution in [2.24, 2.45) is 0 Å². The SMILES string of the molecule is C.O=C(CN[C@@H](c1ccccc1)c1ccc(Cl)cc1)N1CCC2(CC1)OCc1ccccc12.O=C(CN[C@H](c1ccccc1)c1ccc(Cl)cc1)N1CCC2(CC1)OCc1ccccc12. The van der Waals surface area contributed by atoms with E-state index in [2.05, 4.69) is 83.4 Å². The van der Waals surface area contributed by atoms with Gasteiger partial charge >= 0.3 is 0 Å². The minimum atomic E-state index is -0.226. The number of nitrogens with zero attached hydrogens (tertiary/aromatic N) is 2. The third kappa shape index (κ3) is 10.4. The van der Waals surface area contributed by atoms with Crippen LogP contribution in [0.2, 0.25) is 10.0 Å². The lowest BCUT2D eigenvalue weighted by molar-refractivity contribution is -0.138. The van der Waals surface area contributed by atoms with Gasteiger partial charge in [-0.15, -0.1) is 0 Å². The van der Waals surface area contributed by atoms with E-state index in [1.54, 1.807) is 0 Å². The fourth-order valence-electron chi connectivity index (χ4n) is 9.89. The van der Waals surface area contributed by atoms with E-state index < -0.39 is 0 Å². The fourth-order valence-corrected chi connectivity index (χ4v) is 10.1. The van der Waals surface area contributed by atoms with Crippen LogP contribution in [0.3, 0.4) is 0 Å². The topological polar surface area (TPSA) is 83.1 Å². The molecule has 10 heteroatoms. The Morgan fingerprint density at radius 2 is 0.800 bits per heavy atom. The number of carbonyl (C=O) groups excluding carboxylic acids is 2. The Morgan fingerprint density at radius 1 is 0.477 bits per heavy atom. The van der Waals surface area contributed by atoms with Crippen LogP contribution in [-0.2, 0) is 43.5 Å². The number of rotatable bonds is 10. The lowest BCUT2D eigenvalue weighted by Crippen LogP contribution is -2.48. The zero-order chi connectivity index (χ0) is 43.9. The molecule has 0 radical (unpaired) electrons. The zero-order valence-electron chi connectivity index (χ0n) is 35.9. The minimum Gasteiger partial charge on any atom is -0.365 e. The predicted molar refractivity (Wildman–Crippen MR) is 260 cm³/mol. The zero-order valence-corrected chi connectivity index (χ0v) is 37.4. The van der Waals surface area contributed by atoms with Crippen molar-refractivity contribution in [2.75, 3.05) is 39.3 Å². The fraction of sp³-hybridized carbons (Fsp3) is 0.309. The van der Waals surface area contributed by atoms with Crippen LogP contribution in [0, 0.1) is 0 Å². The molecule has 2 amide bonds. The van der Waals surface area contributed by atoms with Crippen molar-refractivity contribution < 1.29 is 19.1 Å². The van der Waals surface area contributed by atoms with Gasteiger partial charge in [-0.2, -0.15) is 0 Å². The van der Waals surface area contributed by atoms with Gasteiger partial charge in [0.05, 0.1) is 49.6 Å². The number of hydrogen-bond acceptors (Lipinski definition) is 6. The maximum absolute atomic E-state index is 13.1. The molecule has 0 aliphatic carbocycles. The van der Waals surface area contributed by atoms with Crippen molar-refractivity contribution in [3.05, 3.63) is 212 Å². The van der Waals surface area contributed by atoms with Gasteiger partial charge in [-0.1, -0.05) is 164 Å². The van der Waals surface area contributed by atoms with Crippen LogP contribution in [0.4, 0.5) is 0 Å². The van der Waals surface area contributed by atoms with E-state index in [0.717, 1.165) is 47.9 Å². The quantitative estimate of drug-likeness (QED) is 0.142. The molecule has 0 aromatic heterocycles. The number of likely N-dealkylation sites (tertiary alicyclic amines) is 2. The van der Waals surface area contributed by atoms with Gasteiger partial charge in [-0.05, 0) is 94.5 Å². The molecular formula is C55H58Cl2N4O4. The lowest BCUT2D eigenvalue weighted by atomic mass is 9.84. The monoisotopic (exact) mass is 908 g/mol. The van der Waals surface area contributed by atoms with Crippen LogP contribution < -0.4 is 10.6 Å². The molecule has 6 aromatic rings. The van der Waals surface area contributed by atoms with Gasteiger partial charge in [0, 0.05) is 36.2 Å². The van der Waals surface area contributed by atoms with Gasteiger partial charge in [0.2, 0.25) is 11.8 Å². The summed E-state index contributed by atoms with van der Waals surface area (Å²) in [6.45, 7) is 4.77. The van der Waals surface area contributed by atoms with E-state index in [4.69, 9.17) is 32.7 Å². The van der Waals surface area contributed by atoms with E-state index in [9.17, 15) is 9.59 Å². The standard InChI is InChI=1S/2C27H27ClN2O2.CH4/c2*28-23-12-10-21(11-13-23)26(20-6-2-1-3-7-20)29-18-25(31)30-16-14-27(15-17-30)24-9-5-4-8-22(24)19-32-27;/h2*1-13,26,29H,14-19H2;1H4/t2*26-;/m10./s1. The van der Waals surface area contributed by atoms with Crippen molar-refractivity contribution in [1.82, 2.24) is 20.4 Å². The van der Waals surface area contributed by atoms with Gasteiger partial charge in [0.25, 0.3) is 0 Å². The first-order valence-corrected chi connectivity index (χ1v) is 23.1. The molecule has 2 fully saturated rings. The van der Waals surface area contributed by atoms with Crippen LogP contribution in [0.5, 0.6) is 0 Å². The first-order chi connectivity index (χ1) is 31.3. The maximum atomic E-state index is 13.1. The van der Waals surface area contributed by atoms with Gasteiger partial charge in [-0.3, -0.25) is 20.2 Å². The van der Waals surface area contributed by atoms with E-state index in [0.29, 0.717) is 49.4 Å². The molecular weight excluding hydrogens is 852 g/mol. The number of fused-ring (bicyclic) bond motifs is 4. The van der Waals surface area contributed by atoms with Crippen LogP contribution in [-0.4, -0.2) is 60.9 Å². The number of halogens is 2. The number of carbonyl (C=O) groups is 2. The van der Waals surface area contributed by atoms with E-state index >= 15 is 0 Å². The van der Waals surface area contributed by atoms with Crippen LogP contribution in [0.15, 0.2) is 158 Å². The van der Waals surface area contributed by atoms with Gasteiger partial charge < -0.3 is 19.3 Å². The highest BCUT2D eigenvalue weighted by Crippen LogP contribution is 2.45. The van der Waals surface area contributed by atoms with Gasteiger partial charge in [-0.25, -0.2) is 0 Å². The van der Waals surface area contributed by atoms with Gasteiger partial charge in [0.15, 0.2) is 0 Å². The number of ether oxygens (including phenoxy) is 2. The molecule has 0 unspecified atom stereocenters. The predicted octanol–water partition coefficient (Wildman–Crippen LogP) is 10.8. The molecule has 336 valence electrons. The average Bonchev–Trinajstić information content (AvgIpc) is 3.89. The molecule has 2 atom stereocenters. The first-order valence-electron chi connectivity index (χ1n) is 22.4. The summed E-state index contributed by atoms with van der Waals surface area (Å²) in [5.41, 5.74) is 9.13. The second-order valence-electron chi connectivity index (χ2n) is 17.2. The summed E-state index contributed by atoms with van der Waals surface area (Å²) in [4.78, 5) is 30.1. The van der Waals surface area contributed by atoms with Crippen LogP contribution in [0.1, 0.15) is 89.7 Å². The Morgan fingerprint density at radius 3 is 1.17 bits per heavy atom. The highest BCUT2D eigenvalue weighted by molar-refractivity contribution is 6.30. The highest BCUT2D eigenvalue weighted by atomic mass is 35.5. The molecule has 8 nitrogen and oxygen atoms in total. The van der Waals surface area contributed by atoms with Crippen molar-refractivity contribution in [3.63, 3.8) is 0 Å². The van der Waals surface area contributed by atoms with E-state index in [-0.39, 0.29) is 55.6 Å². The molecule has 2 spiro atoms. The minimum absolute atomic E-state index is 0. The summed E-state index contributed by atoms with van der Waals surface area (Å²) in [5.74, 6) is 0.252. The molecule has 0 saturated carbocycles. The Hall–Kier alpha value is -5.32. The molecule has 65 heavy (non-hydrogen) atoms. The summed E-state index contributed by atoms with van der Waals surface area (Å²) in [5, 5.41) is 8.37. The van der Waals surface area contributed by atoms with E-state index in [1.807, 2.05) is 94.7 Å². The molecule has 4 aliphatic heterocycles. The molecule has 10 rings (SSSR count).